The number of rotatable bonds is 11. The van der Waals surface area contributed by atoms with Gasteiger partial charge in [-0.25, -0.2) is 0 Å². The molecule has 1 fully saturated rings. The number of methoxy groups -OCH3 is 1. The normalized spacial score (nSPS) is 17.3. The lowest BCUT2D eigenvalue weighted by Gasteiger charge is -2.33. The minimum Gasteiger partial charge on any atom is -0.497 e. The summed E-state index contributed by atoms with van der Waals surface area (Å²) in [5.41, 5.74) is 3.66. The Labute approximate surface area is 257 Å². The maximum atomic E-state index is 13.8. The van der Waals surface area contributed by atoms with Crippen molar-refractivity contribution in [2.45, 2.75) is 56.7 Å². The lowest BCUT2D eigenvalue weighted by Crippen LogP contribution is -2.58. The summed E-state index contributed by atoms with van der Waals surface area (Å²) in [6.45, 7) is 6.15. The molecule has 0 aliphatic carbocycles. The number of amides is 3. The Hall–Kier alpha value is -4.08. The summed E-state index contributed by atoms with van der Waals surface area (Å²) in [4.78, 5) is 41.8. The van der Waals surface area contributed by atoms with E-state index in [1.807, 2.05) is 93.6 Å². The van der Waals surface area contributed by atoms with Crippen LogP contribution in [0.15, 0.2) is 84.9 Å². The van der Waals surface area contributed by atoms with Crippen molar-refractivity contribution in [2.24, 2.45) is 0 Å². The van der Waals surface area contributed by atoms with Crippen molar-refractivity contribution >= 4 is 35.6 Å². The van der Waals surface area contributed by atoms with Crippen molar-refractivity contribution in [1.82, 2.24) is 15.5 Å². The second-order valence-corrected chi connectivity index (χ2v) is 12.7. The van der Waals surface area contributed by atoms with Crippen LogP contribution in [0.1, 0.15) is 36.1 Å². The number of nitrogens with zero attached hydrogens (tertiary/aromatic N) is 1. The molecule has 0 unspecified atom stereocenters. The molecule has 0 aromatic heterocycles. The highest BCUT2D eigenvalue weighted by atomic mass is 32.2. The molecule has 3 aromatic carbocycles. The van der Waals surface area contributed by atoms with Crippen LogP contribution in [-0.2, 0) is 27.3 Å². The fraction of sp³-hybridized carbons (Fsp3) is 0.324. The number of nitrogens with one attached hydrogen (secondary N) is 2. The Morgan fingerprint density at radius 3 is 2.51 bits per heavy atom. The molecule has 4 rings (SSSR count). The maximum absolute atomic E-state index is 13.8. The van der Waals surface area contributed by atoms with Crippen molar-refractivity contribution in [2.75, 3.05) is 13.0 Å². The summed E-state index contributed by atoms with van der Waals surface area (Å²) in [5, 5.41) is 17.2. The SMILES string of the molecule is COc1cccc(C=CC(=O)N[C@@H](Cc2ccccc2)[C@H](O)C(=O)N2CSC(C)(C)[C@H]2C(=O)NCc2ccccc2C)c1. The minimum absolute atomic E-state index is 0.223. The van der Waals surface area contributed by atoms with E-state index < -0.39 is 34.7 Å². The number of benzene rings is 3. The second-order valence-electron chi connectivity index (χ2n) is 11.1. The standard InChI is InChI=1S/C34H39N3O5S/c1-23-11-8-9-15-26(23)21-35-32(40)31-34(2,3)43-22-37(31)33(41)30(39)28(20-24-12-6-5-7-13-24)36-29(38)18-17-25-14-10-16-27(19-25)42-4/h5-19,28,30-31,39H,20-22H2,1-4H3,(H,35,40)(H,36,38)/t28-,30-,31+/m0/s1. The fourth-order valence-corrected chi connectivity index (χ4v) is 6.24. The average Bonchev–Trinajstić information content (AvgIpc) is 3.33. The molecule has 3 amide bonds. The monoisotopic (exact) mass is 601 g/mol. The van der Waals surface area contributed by atoms with E-state index in [1.165, 1.54) is 22.7 Å². The number of ether oxygens (including phenoxy) is 1. The lowest BCUT2D eigenvalue weighted by molar-refractivity contribution is -0.147. The van der Waals surface area contributed by atoms with Crippen LogP contribution in [0.25, 0.3) is 6.08 Å². The quantitative estimate of drug-likeness (QED) is 0.286. The van der Waals surface area contributed by atoms with Crippen LogP contribution in [0.5, 0.6) is 5.75 Å². The zero-order valence-electron chi connectivity index (χ0n) is 24.9. The molecule has 9 heteroatoms. The first kappa shape index (κ1) is 31.8. The first-order valence-corrected chi connectivity index (χ1v) is 15.2. The maximum Gasteiger partial charge on any atom is 0.254 e. The van der Waals surface area contributed by atoms with Gasteiger partial charge in [0.1, 0.15) is 11.8 Å². The van der Waals surface area contributed by atoms with Crippen LogP contribution in [-0.4, -0.2) is 63.6 Å². The van der Waals surface area contributed by atoms with Crippen LogP contribution in [0, 0.1) is 6.92 Å². The first-order chi connectivity index (χ1) is 20.6. The summed E-state index contributed by atoms with van der Waals surface area (Å²) in [7, 11) is 1.57. The molecule has 1 aliphatic rings. The molecule has 43 heavy (non-hydrogen) atoms. The molecule has 1 heterocycles. The third-order valence-corrected chi connectivity index (χ3v) is 8.95. The van der Waals surface area contributed by atoms with E-state index in [1.54, 1.807) is 19.3 Å². The molecule has 1 saturated heterocycles. The van der Waals surface area contributed by atoms with E-state index in [-0.39, 0.29) is 18.2 Å². The number of hydrogen-bond donors (Lipinski definition) is 3. The van der Waals surface area contributed by atoms with Crippen LogP contribution < -0.4 is 15.4 Å². The summed E-state index contributed by atoms with van der Waals surface area (Å²) in [6.07, 6.45) is 1.65. The Balaban J connectivity index is 1.51. The number of carbonyl (C=O) groups excluding carboxylic acids is 3. The van der Waals surface area contributed by atoms with Gasteiger partial charge in [0.15, 0.2) is 6.10 Å². The highest BCUT2D eigenvalue weighted by Crippen LogP contribution is 2.40. The van der Waals surface area contributed by atoms with Crippen LogP contribution in [0.2, 0.25) is 0 Å². The van der Waals surface area contributed by atoms with E-state index in [0.29, 0.717) is 12.3 Å². The molecule has 3 N–H and O–H groups in total. The van der Waals surface area contributed by atoms with Crippen molar-refractivity contribution in [3.63, 3.8) is 0 Å². The van der Waals surface area contributed by atoms with Crippen molar-refractivity contribution < 1.29 is 24.2 Å². The molecule has 3 aromatic rings. The van der Waals surface area contributed by atoms with Gasteiger partial charge in [0.05, 0.1) is 19.0 Å². The van der Waals surface area contributed by atoms with Gasteiger partial charge in [0.2, 0.25) is 11.8 Å². The zero-order chi connectivity index (χ0) is 31.0. The summed E-state index contributed by atoms with van der Waals surface area (Å²) in [6, 6.07) is 22.7. The van der Waals surface area contributed by atoms with Gasteiger partial charge in [0.25, 0.3) is 5.91 Å². The Morgan fingerprint density at radius 1 is 1.07 bits per heavy atom. The second kappa shape index (κ2) is 14.4. The van der Waals surface area contributed by atoms with Gasteiger partial charge in [-0.3, -0.25) is 14.4 Å². The lowest BCUT2D eigenvalue weighted by atomic mass is 9.97. The Kier molecular flexibility index (Phi) is 10.7. The molecule has 0 saturated carbocycles. The highest BCUT2D eigenvalue weighted by molar-refractivity contribution is 8.00. The largest absolute Gasteiger partial charge is 0.497 e. The van der Waals surface area contributed by atoms with Gasteiger partial charge in [-0.15, -0.1) is 11.8 Å². The molecule has 8 nitrogen and oxygen atoms in total. The zero-order valence-corrected chi connectivity index (χ0v) is 25.8. The Morgan fingerprint density at radius 2 is 1.79 bits per heavy atom. The van der Waals surface area contributed by atoms with E-state index in [4.69, 9.17) is 4.74 Å². The number of aliphatic hydroxyl groups is 1. The number of aliphatic hydroxyl groups excluding tert-OH is 1. The van der Waals surface area contributed by atoms with E-state index in [2.05, 4.69) is 10.6 Å². The van der Waals surface area contributed by atoms with Gasteiger partial charge in [-0.05, 0) is 67.7 Å². The molecular weight excluding hydrogens is 562 g/mol. The van der Waals surface area contributed by atoms with Gasteiger partial charge in [-0.2, -0.15) is 0 Å². The smallest absolute Gasteiger partial charge is 0.254 e. The van der Waals surface area contributed by atoms with Gasteiger partial charge in [-0.1, -0.05) is 66.7 Å². The summed E-state index contributed by atoms with van der Waals surface area (Å²) < 4.78 is 4.66. The highest BCUT2D eigenvalue weighted by Gasteiger charge is 2.49. The van der Waals surface area contributed by atoms with Crippen molar-refractivity contribution in [3.8, 4) is 5.75 Å². The topological polar surface area (TPSA) is 108 Å². The van der Waals surface area contributed by atoms with Gasteiger partial charge >= 0.3 is 0 Å². The Bertz CT molecular complexity index is 1460. The average molecular weight is 602 g/mol. The number of thioether (sulfide) groups is 1. The van der Waals surface area contributed by atoms with Crippen LogP contribution in [0.4, 0.5) is 0 Å². The summed E-state index contributed by atoms with van der Waals surface area (Å²) in [5.74, 6) is -0.447. The third kappa shape index (κ3) is 8.27. The summed E-state index contributed by atoms with van der Waals surface area (Å²) >= 11 is 1.48. The van der Waals surface area contributed by atoms with Crippen LogP contribution >= 0.6 is 11.8 Å². The van der Waals surface area contributed by atoms with Gasteiger partial charge in [0, 0.05) is 17.4 Å². The number of carbonyl (C=O) groups is 3. The van der Waals surface area contributed by atoms with Crippen molar-refractivity contribution in [1.29, 1.82) is 0 Å². The number of aryl methyl sites for hydroxylation is 1. The van der Waals surface area contributed by atoms with E-state index in [0.717, 1.165) is 22.3 Å². The van der Waals surface area contributed by atoms with E-state index in [9.17, 15) is 19.5 Å². The molecule has 0 spiro atoms. The predicted molar refractivity (Wildman–Crippen MR) is 170 cm³/mol. The molecule has 0 bridgehead atoms. The minimum atomic E-state index is -1.57. The molecule has 0 radical (unpaired) electrons. The van der Waals surface area contributed by atoms with E-state index >= 15 is 0 Å². The molecule has 1 aliphatic heterocycles. The third-order valence-electron chi connectivity index (χ3n) is 7.57. The van der Waals surface area contributed by atoms with Gasteiger partial charge < -0.3 is 25.4 Å². The molecular formula is C34H39N3O5S. The van der Waals surface area contributed by atoms with Crippen LogP contribution in [0.3, 0.4) is 0 Å². The first-order valence-electron chi connectivity index (χ1n) is 14.2. The fourth-order valence-electron chi connectivity index (χ4n) is 5.10. The number of hydrogen-bond acceptors (Lipinski definition) is 6. The predicted octanol–water partition coefficient (Wildman–Crippen LogP) is 4.10. The molecule has 3 atom stereocenters. The van der Waals surface area contributed by atoms with Crippen molar-refractivity contribution in [3.05, 3.63) is 107 Å². The molecule has 226 valence electrons.